The van der Waals surface area contributed by atoms with Gasteiger partial charge < -0.3 is 4.74 Å². The lowest BCUT2D eigenvalue weighted by Gasteiger charge is -2.06. The maximum atomic E-state index is 13.4. The second kappa shape index (κ2) is 4.47. The van der Waals surface area contributed by atoms with E-state index in [-0.39, 0.29) is 0 Å². The highest BCUT2D eigenvalue weighted by molar-refractivity contribution is 7.15. The van der Waals surface area contributed by atoms with Crippen LogP contribution < -0.4 is 4.74 Å². The summed E-state index contributed by atoms with van der Waals surface area (Å²) < 4.78 is 20.3. The number of carbonyl (C=O) groups is 1. The van der Waals surface area contributed by atoms with Gasteiger partial charge in [0.15, 0.2) is 11.2 Å². The zero-order chi connectivity index (χ0) is 13.4. The number of halogens is 1. The second-order valence-corrected chi connectivity index (χ2v) is 4.74. The Hall–Kier alpha value is -2.21. The first kappa shape index (κ1) is 11.9. The molecule has 3 aromatic rings. The van der Waals surface area contributed by atoms with Gasteiger partial charge in [-0.15, -0.1) is 11.3 Å². The Bertz CT molecular complexity index is 763. The molecule has 96 valence electrons. The average Bonchev–Trinajstić information content (AvgIpc) is 2.98. The van der Waals surface area contributed by atoms with Crippen LogP contribution in [0.25, 0.3) is 16.2 Å². The van der Waals surface area contributed by atoms with E-state index in [9.17, 15) is 9.18 Å². The van der Waals surface area contributed by atoms with Crippen molar-refractivity contribution in [1.29, 1.82) is 0 Å². The molecule has 3 rings (SSSR count). The molecular formula is C13H9FN2O2S. The molecule has 0 bridgehead atoms. The lowest BCUT2D eigenvalue weighted by Crippen LogP contribution is -1.94. The van der Waals surface area contributed by atoms with Gasteiger partial charge in [0.1, 0.15) is 23.0 Å². The number of imidazole rings is 1. The van der Waals surface area contributed by atoms with E-state index in [4.69, 9.17) is 4.74 Å². The highest BCUT2D eigenvalue weighted by atomic mass is 32.1. The van der Waals surface area contributed by atoms with E-state index in [1.165, 1.54) is 36.6 Å². The lowest BCUT2D eigenvalue weighted by atomic mass is 10.1. The van der Waals surface area contributed by atoms with Crippen LogP contribution in [-0.2, 0) is 0 Å². The summed E-state index contributed by atoms with van der Waals surface area (Å²) >= 11 is 1.41. The summed E-state index contributed by atoms with van der Waals surface area (Å²) in [7, 11) is 1.50. The van der Waals surface area contributed by atoms with Gasteiger partial charge >= 0.3 is 0 Å². The van der Waals surface area contributed by atoms with E-state index < -0.39 is 5.82 Å². The first-order chi connectivity index (χ1) is 9.24. The predicted molar refractivity (Wildman–Crippen MR) is 70.4 cm³/mol. The van der Waals surface area contributed by atoms with Gasteiger partial charge in [-0.05, 0) is 18.2 Å². The molecule has 0 aliphatic rings. The molecule has 0 aliphatic carbocycles. The first-order valence-corrected chi connectivity index (χ1v) is 6.37. The Balaban J connectivity index is 2.31. The van der Waals surface area contributed by atoms with Crippen LogP contribution >= 0.6 is 11.3 Å². The fraction of sp³-hybridized carbons (Fsp3) is 0.0769. The quantitative estimate of drug-likeness (QED) is 0.691. The highest BCUT2D eigenvalue weighted by Crippen LogP contribution is 2.33. The van der Waals surface area contributed by atoms with Crippen LogP contribution in [0.15, 0.2) is 29.8 Å². The van der Waals surface area contributed by atoms with Crippen molar-refractivity contribution in [1.82, 2.24) is 9.38 Å². The molecule has 2 heterocycles. The molecular weight excluding hydrogens is 267 g/mol. The van der Waals surface area contributed by atoms with Crippen molar-refractivity contribution in [2.45, 2.75) is 0 Å². The number of aromatic nitrogens is 2. The number of thiazole rings is 1. The van der Waals surface area contributed by atoms with Crippen LogP contribution in [-0.4, -0.2) is 22.8 Å². The summed E-state index contributed by atoms with van der Waals surface area (Å²) in [5.74, 6) is 0.0826. The Morgan fingerprint density at radius 2 is 2.32 bits per heavy atom. The molecule has 0 radical (unpaired) electrons. The molecule has 0 amide bonds. The lowest BCUT2D eigenvalue weighted by molar-refractivity contribution is 0.111. The minimum atomic E-state index is -0.399. The van der Waals surface area contributed by atoms with Gasteiger partial charge in [0.25, 0.3) is 0 Å². The summed E-state index contributed by atoms with van der Waals surface area (Å²) in [6, 6.07) is 4.15. The molecule has 1 aromatic carbocycles. The van der Waals surface area contributed by atoms with E-state index in [0.717, 1.165) is 0 Å². The fourth-order valence-electron chi connectivity index (χ4n) is 1.98. The van der Waals surface area contributed by atoms with Crippen LogP contribution in [0.5, 0.6) is 5.75 Å². The SMILES string of the molecule is COc1ccc(F)cc1-c1nc2sccn2c1C=O. The van der Waals surface area contributed by atoms with Crippen molar-refractivity contribution in [2.24, 2.45) is 0 Å². The number of rotatable bonds is 3. The molecule has 6 heteroatoms. The Kier molecular flexibility index (Phi) is 2.79. The van der Waals surface area contributed by atoms with Crippen molar-refractivity contribution in [3.63, 3.8) is 0 Å². The number of benzene rings is 1. The molecule has 0 aliphatic heterocycles. The number of hydrogen-bond donors (Lipinski definition) is 0. The van der Waals surface area contributed by atoms with Crippen LogP contribution in [0.2, 0.25) is 0 Å². The molecule has 0 saturated heterocycles. The summed E-state index contributed by atoms with van der Waals surface area (Å²) in [6.07, 6.45) is 2.47. The van der Waals surface area contributed by atoms with Gasteiger partial charge in [0.05, 0.1) is 7.11 Å². The molecule has 0 N–H and O–H groups in total. The summed E-state index contributed by atoms with van der Waals surface area (Å²) in [5.41, 5.74) is 1.29. The van der Waals surface area contributed by atoms with Crippen LogP contribution in [0, 0.1) is 5.82 Å². The molecule has 0 saturated carbocycles. The zero-order valence-electron chi connectivity index (χ0n) is 9.96. The number of methoxy groups -OCH3 is 1. The predicted octanol–water partition coefficient (Wildman–Crippen LogP) is 3.02. The van der Waals surface area contributed by atoms with E-state index in [2.05, 4.69) is 4.98 Å². The van der Waals surface area contributed by atoms with Crippen molar-refractivity contribution in [3.8, 4) is 17.0 Å². The molecule has 2 aromatic heterocycles. The number of fused-ring (bicyclic) bond motifs is 1. The topological polar surface area (TPSA) is 43.6 Å². The maximum Gasteiger partial charge on any atom is 0.194 e. The number of nitrogens with zero attached hydrogens (tertiary/aromatic N) is 2. The third kappa shape index (κ3) is 1.80. The summed E-state index contributed by atoms with van der Waals surface area (Å²) in [4.78, 5) is 16.3. The summed E-state index contributed by atoms with van der Waals surface area (Å²) in [5, 5.41) is 1.84. The number of hydrogen-bond acceptors (Lipinski definition) is 4. The standard InChI is InChI=1S/C13H9FN2O2S/c1-18-11-3-2-8(14)6-9(11)12-10(7-17)16-4-5-19-13(16)15-12/h2-7H,1H3. The van der Waals surface area contributed by atoms with Crippen LogP contribution in [0.3, 0.4) is 0 Å². The van der Waals surface area contributed by atoms with Crippen molar-refractivity contribution < 1.29 is 13.9 Å². The van der Waals surface area contributed by atoms with Crippen molar-refractivity contribution in [2.75, 3.05) is 7.11 Å². The molecule has 0 unspecified atom stereocenters. The molecule has 0 spiro atoms. The van der Waals surface area contributed by atoms with Gasteiger partial charge in [-0.2, -0.15) is 0 Å². The van der Waals surface area contributed by atoms with Gasteiger partial charge in [0.2, 0.25) is 0 Å². The minimum absolute atomic E-state index is 0.389. The van der Waals surface area contributed by atoms with Gasteiger partial charge in [-0.1, -0.05) is 0 Å². The largest absolute Gasteiger partial charge is 0.496 e. The molecule has 4 nitrogen and oxygen atoms in total. The third-order valence-corrected chi connectivity index (χ3v) is 3.58. The van der Waals surface area contributed by atoms with Gasteiger partial charge in [0, 0.05) is 17.1 Å². The third-order valence-electron chi connectivity index (χ3n) is 2.83. The zero-order valence-corrected chi connectivity index (χ0v) is 10.8. The van der Waals surface area contributed by atoms with Gasteiger partial charge in [-0.25, -0.2) is 9.37 Å². The van der Waals surface area contributed by atoms with E-state index in [1.807, 2.05) is 5.38 Å². The first-order valence-electron chi connectivity index (χ1n) is 5.49. The van der Waals surface area contributed by atoms with Crippen LogP contribution in [0.1, 0.15) is 10.5 Å². The number of carbonyl (C=O) groups excluding carboxylic acids is 1. The Morgan fingerprint density at radius 3 is 3.05 bits per heavy atom. The highest BCUT2D eigenvalue weighted by Gasteiger charge is 2.18. The smallest absolute Gasteiger partial charge is 0.194 e. The fourth-order valence-corrected chi connectivity index (χ4v) is 2.70. The van der Waals surface area contributed by atoms with Crippen LogP contribution in [0.4, 0.5) is 4.39 Å². The minimum Gasteiger partial charge on any atom is -0.496 e. The Labute approximate surface area is 112 Å². The number of ether oxygens (including phenoxy) is 1. The molecule has 0 atom stereocenters. The average molecular weight is 276 g/mol. The molecule has 0 fully saturated rings. The van der Waals surface area contributed by atoms with Crippen molar-refractivity contribution in [3.05, 3.63) is 41.3 Å². The molecule has 19 heavy (non-hydrogen) atoms. The summed E-state index contributed by atoms with van der Waals surface area (Å²) in [6.45, 7) is 0. The monoisotopic (exact) mass is 276 g/mol. The van der Waals surface area contributed by atoms with Gasteiger partial charge in [-0.3, -0.25) is 9.20 Å². The maximum absolute atomic E-state index is 13.4. The van der Waals surface area contributed by atoms with Crippen molar-refractivity contribution >= 4 is 22.6 Å². The second-order valence-electron chi connectivity index (χ2n) is 3.86. The normalized spacial score (nSPS) is 10.8. The van der Waals surface area contributed by atoms with E-state index >= 15 is 0 Å². The Morgan fingerprint density at radius 1 is 1.47 bits per heavy atom. The number of aldehydes is 1. The van der Waals surface area contributed by atoms with E-state index in [1.54, 1.807) is 10.6 Å². The van der Waals surface area contributed by atoms with E-state index in [0.29, 0.717) is 33.9 Å².